The summed E-state index contributed by atoms with van der Waals surface area (Å²) in [5, 5.41) is 3.28. The van der Waals surface area contributed by atoms with Crippen LogP contribution in [0.5, 0.6) is 5.75 Å². The molecule has 0 unspecified atom stereocenters. The lowest BCUT2D eigenvalue weighted by Gasteiger charge is -2.08. The van der Waals surface area contributed by atoms with Gasteiger partial charge in [-0.3, -0.25) is 0 Å². The maximum atomic E-state index is 5.45. The third-order valence-electron chi connectivity index (χ3n) is 3.15. The lowest BCUT2D eigenvalue weighted by molar-refractivity contribution is 0.328. The van der Waals surface area contributed by atoms with Gasteiger partial charge in [0.2, 0.25) is 0 Å². The molecule has 0 aliphatic rings. The first-order chi connectivity index (χ1) is 10.3. The average Bonchev–Trinajstić information content (AvgIpc) is 2.89. The largest absolute Gasteiger partial charge is 0.492 e. The van der Waals surface area contributed by atoms with Crippen molar-refractivity contribution in [3.05, 3.63) is 42.9 Å². The number of nitrogens with zero attached hydrogens (tertiary/aromatic N) is 3. The zero-order valence-corrected chi connectivity index (χ0v) is 11.8. The van der Waals surface area contributed by atoms with Crippen molar-refractivity contribution >= 4 is 22.5 Å². The number of hydrogen-bond donors (Lipinski definition) is 2. The van der Waals surface area contributed by atoms with Crippen molar-refractivity contribution in [2.24, 2.45) is 12.8 Å². The van der Waals surface area contributed by atoms with E-state index < -0.39 is 0 Å². The minimum atomic E-state index is 0.506. The van der Waals surface area contributed by atoms with Crippen molar-refractivity contribution in [2.75, 3.05) is 18.5 Å². The number of nitrogens with one attached hydrogen (secondary N) is 1. The van der Waals surface area contributed by atoms with Crippen molar-refractivity contribution in [1.29, 1.82) is 0 Å². The van der Waals surface area contributed by atoms with Crippen LogP contribution in [0.4, 0.5) is 11.5 Å². The van der Waals surface area contributed by atoms with E-state index in [0.29, 0.717) is 13.2 Å². The molecule has 6 heteroatoms. The van der Waals surface area contributed by atoms with Gasteiger partial charge in [0.15, 0.2) is 5.82 Å². The van der Waals surface area contributed by atoms with Crippen LogP contribution in [0.2, 0.25) is 0 Å². The Labute approximate surface area is 122 Å². The molecular weight excluding hydrogens is 266 g/mol. The van der Waals surface area contributed by atoms with E-state index in [-0.39, 0.29) is 0 Å². The summed E-state index contributed by atoms with van der Waals surface area (Å²) < 4.78 is 7.41. The number of imidazole rings is 1. The number of benzene rings is 1. The summed E-state index contributed by atoms with van der Waals surface area (Å²) >= 11 is 0. The van der Waals surface area contributed by atoms with Gasteiger partial charge in [0.05, 0.1) is 11.8 Å². The van der Waals surface area contributed by atoms with E-state index in [1.54, 1.807) is 12.5 Å². The van der Waals surface area contributed by atoms with Gasteiger partial charge in [-0.1, -0.05) is 0 Å². The minimum absolute atomic E-state index is 0.506. The second-order valence-corrected chi connectivity index (χ2v) is 4.67. The molecule has 0 radical (unpaired) electrons. The topological polar surface area (TPSA) is 78.0 Å². The first-order valence-electron chi connectivity index (χ1n) is 6.74. The van der Waals surface area contributed by atoms with Crippen LogP contribution < -0.4 is 15.8 Å². The molecular formula is C15H17N5O. The Morgan fingerprint density at radius 2 is 2.00 bits per heavy atom. The predicted molar refractivity (Wildman–Crippen MR) is 82.8 cm³/mol. The predicted octanol–water partition coefficient (Wildman–Crippen LogP) is 2.05. The lowest BCUT2D eigenvalue weighted by Crippen LogP contribution is -2.10. The van der Waals surface area contributed by atoms with Gasteiger partial charge < -0.3 is 20.4 Å². The Morgan fingerprint density at radius 1 is 1.19 bits per heavy atom. The molecule has 2 heterocycles. The van der Waals surface area contributed by atoms with Crippen molar-refractivity contribution < 1.29 is 4.74 Å². The molecule has 21 heavy (non-hydrogen) atoms. The highest BCUT2D eigenvalue weighted by Gasteiger charge is 2.07. The van der Waals surface area contributed by atoms with Gasteiger partial charge in [0.25, 0.3) is 0 Å². The molecule has 0 aliphatic carbocycles. The Balaban J connectivity index is 1.82. The number of ether oxygens (including phenoxy) is 1. The highest BCUT2D eigenvalue weighted by atomic mass is 16.5. The Hall–Kier alpha value is -2.60. The van der Waals surface area contributed by atoms with Gasteiger partial charge >= 0.3 is 0 Å². The van der Waals surface area contributed by atoms with Crippen LogP contribution in [0.1, 0.15) is 0 Å². The third kappa shape index (κ3) is 2.80. The van der Waals surface area contributed by atoms with E-state index in [2.05, 4.69) is 15.3 Å². The van der Waals surface area contributed by atoms with Gasteiger partial charge in [0.1, 0.15) is 17.9 Å². The quantitative estimate of drug-likeness (QED) is 0.749. The second-order valence-electron chi connectivity index (χ2n) is 4.67. The number of aromatic nitrogens is 3. The van der Waals surface area contributed by atoms with E-state index >= 15 is 0 Å². The molecule has 3 N–H and O–H groups in total. The molecule has 0 fully saturated rings. The molecule has 0 atom stereocenters. The number of hydrogen-bond acceptors (Lipinski definition) is 5. The van der Waals surface area contributed by atoms with Gasteiger partial charge in [-0.05, 0) is 30.3 Å². The lowest BCUT2D eigenvalue weighted by atomic mass is 10.3. The van der Waals surface area contributed by atoms with Crippen molar-refractivity contribution in [2.45, 2.75) is 0 Å². The number of fused-ring (bicyclic) bond motifs is 1. The van der Waals surface area contributed by atoms with Gasteiger partial charge in [-0.2, -0.15) is 0 Å². The fraction of sp³-hybridized carbons (Fsp3) is 0.200. The van der Waals surface area contributed by atoms with E-state index in [0.717, 1.165) is 28.3 Å². The van der Waals surface area contributed by atoms with Gasteiger partial charge in [-0.25, -0.2) is 9.97 Å². The maximum absolute atomic E-state index is 5.45. The summed E-state index contributed by atoms with van der Waals surface area (Å²) in [7, 11) is 1.96. The van der Waals surface area contributed by atoms with Crippen LogP contribution in [-0.4, -0.2) is 27.7 Å². The van der Waals surface area contributed by atoms with Crippen LogP contribution >= 0.6 is 0 Å². The molecule has 3 aromatic rings. The molecule has 2 aromatic heterocycles. The summed E-state index contributed by atoms with van der Waals surface area (Å²) in [5.74, 6) is 1.54. The van der Waals surface area contributed by atoms with Crippen LogP contribution in [0.3, 0.4) is 0 Å². The van der Waals surface area contributed by atoms with Crippen molar-refractivity contribution in [1.82, 2.24) is 14.5 Å². The molecule has 1 aromatic carbocycles. The zero-order valence-electron chi connectivity index (χ0n) is 11.8. The van der Waals surface area contributed by atoms with E-state index in [4.69, 9.17) is 10.5 Å². The summed E-state index contributed by atoms with van der Waals surface area (Å²) in [6.45, 7) is 1.02. The van der Waals surface area contributed by atoms with Crippen molar-refractivity contribution in [3.63, 3.8) is 0 Å². The summed E-state index contributed by atoms with van der Waals surface area (Å²) in [6, 6.07) is 9.62. The molecule has 0 saturated heterocycles. The molecule has 6 nitrogen and oxygen atoms in total. The van der Waals surface area contributed by atoms with Crippen molar-refractivity contribution in [3.8, 4) is 5.75 Å². The normalized spacial score (nSPS) is 10.8. The first-order valence-corrected chi connectivity index (χ1v) is 6.74. The van der Waals surface area contributed by atoms with Crippen LogP contribution in [-0.2, 0) is 7.05 Å². The maximum Gasteiger partial charge on any atom is 0.158 e. The number of pyridine rings is 1. The smallest absolute Gasteiger partial charge is 0.158 e. The SMILES string of the molecule is Cn1cnc2c(Nc3ccc(OCCN)cc3)nccc21. The number of aryl methyl sites for hydroxylation is 1. The van der Waals surface area contributed by atoms with Gasteiger partial charge in [0, 0.05) is 25.5 Å². The Bertz CT molecular complexity index is 735. The van der Waals surface area contributed by atoms with E-state index in [9.17, 15) is 0 Å². The zero-order chi connectivity index (χ0) is 14.7. The fourth-order valence-corrected chi connectivity index (χ4v) is 2.10. The fourth-order valence-electron chi connectivity index (χ4n) is 2.10. The highest BCUT2D eigenvalue weighted by molar-refractivity contribution is 5.87. The molecule has 108 valence electrons. The molecule has 0 bridgehead atoms. The number of nitrogens with two attached hydrogens (primary N) is 1. The second kappa shape index (κ2) is 5.80. The Morgan fingerprint density at radius 3 is 2.76 bits per heavy atom. The third-order valence-corrected chi connectivity index (χ3v) is 3.15. The number of rotatable bonds is 5. The first kappa shape index (κ1) is 13.4. The van der Waals surface area contributed by atoms with Crippen LogP contribution in [0, 0.1) is 0 Å². The molecule has 3 rings (SSSR count). The summed E-state index contributed by atoms with van der Waals surface area (Å²) in [5.41, 5.74) is 8.23. The van der Waals surface area contributed by atoms with E-state index in [1.807, 2.05) is 41.9 Å². The number of anilines is 2. The molecule has 0 spiro atoms. The average molecular weight is 283 g/mol. The minimum Gasteiger partial charge on any atom is -0.492 e. The van der Waals surface area contributed by atoms with Crippen LogP contribution in [0.25, 0.3) is 11.0 Å². The Kier molecular flexibility index (Phi) is 3.70. The highest BCUT2D eigenvalue weighted by Crippen LogP contribution is 2.23. The molecule has 0 saturated carbocycles. The summed E-state index contributed by atoms with van der Waals surface area (Å²) in [6.07, 6.45) is 3.55. The van der Waals surface area contributed by atoms with E-state index in [1.165, 1.54) is 0 Å². The monoisotopic (exact) mass is 283 g/mol. The van der Waals surface area contributed by atoms with Crippen LogP contribution in [0.15, 0.2) is 42.9 Å². The van der Waals surface area contributed by atoms with Gasteiger partial charge in [-0.15, -0.1) is 0 Å². The molecule has 0 amide bonds. The standard InChI is InChI=1S/C15H17N5O/c1-20-10-18-14-13(20)6-8-17-15(14)19-11-2-4-12(5-3-11)21-9-7-16/h2-6,8,10H,7,9,16H2,1H3,(H,17,19). The summed E-state index contributed by atoms with van der Waals surface area (Å²) in [4.78, 5) is 8.72. The molecule has 0 aliphatic heterocycles.